The molecule has 0 aliphatic heterocycles. The number of hydrogen-bond donors (Lipinski definition) is 2. The van der Waals surface area contributed by atoms with Crippen molar-refractivity contribution in [2.45, 2.75) is 25.2 Å². The van der Waals surface area contributed by atoms with Gasteiger partial charge in [-0.15, -0.1) is 0 Å². The third-order valence-electron chi connectivity index (χ3n) is 3.33. The predicted molar refractivity (Wildman–Crippen MR) is 72.0 cm³/mol. The van der Waals surface area contributed by atoms with Crippen LogP contribution < -0.4 is 4.74 Å². The number of aliphatic carboxylic acids is 2. The third kappa shape index (κ3) is 3.38. The Kier molecular flexibility index (Phi) is 4.40. The summed E-state index contributed by atoms with van der Waals surface area (Å²) in [6, 6.07) is 5.51. The summed E-state index contributed by atoms with van der Waals surface area (Å²) in [4.78, 5) is 21.2. The first-order valence-corrected chi connectivity index (χ1v) is 6.45. The minimum atomic E-state index is -1.01. The number of ether oxygens (including phenoxy) is 1. The summed E-state index contributed by atoms with van der Waals surface area (Å²) in [7, 11) is 0. The molecular weight excluding hydrogens is 260 g/mol. The summed E-state index contributed by atoms with van der Waals surface area (Å²) in [5.41, 5.74) is 2.01. The highest BCUT2D eigenvalue weighted by atomic mass is 16.5. The van der Waals surface area contributed by atoms with Crippen LogP contribution in [-0.4, -0.2) is 28.8 Å². The van der Waals surface area contributed by atoms with E-state index in [1.165, 1.54) is 0 Å². The summed E-state index contributed by atoms with van der Waals surface area (Å²) in [6.07, 6.45) is 5.47. The topological polar surface area (TPSA) is 83.8 Å². The van der Waals surface area contributed by atoms with E-state index >= 15 is 0 Å². The maximum atomic E-state index is 10.6. The van der Waals surface area contributed by atoms with Crippen LogP contribution in [0.4, 0.5) is 0 Å². The summed E-state index contributed by atoms with van der Waals surface area (Å²) < 4.78 is 5.30. The lowest BCUT2D eigenvalue weighted by Gasteiger charge is -2.24. The van der Waals surface area contributed by atoms with E-state index in [1.807, 2.05) is 12.1 Å². The molecule has 2 N–H and O–H groups in total. The van der Waals surface area contributed by atoms with Gasteiger partial charge >= 0.3 is 11.9 Å². The standard InChI is InChI=1S/C15H16O5/c16-14(17)8-7-10-3-1-5-12-11(10)4-2-6-13(12)20-9-15(18)19/h2,4,6-8,10H,1,3,5,9H2,(H,16,17)(H,18,19)/b8-7+. The fourth-order valence-electron chi connectivity index (χ4n) is 2.52. The molecule has 5 heteroatoms. The quantitative estimate of drug-likeness (QED) is 0.805. The van der Waals surface area contributed by atoms with Gasteiger partial charge < -0.3 is 14.9 Å². The predicted octanol–water partition coefficient (Wildman–Crippen LogP) is 2.21. The van der Waals surface area contributed by atoms with Crippen molar-refractivity contribution in [2.75, 3.05) is 6.61 Å². The van der Waals surface area contributed by atoms with E-state index in [0.29, 0.717) is 5.75 Å². The van der Waals surface area contributed by atoms with Crippen LogP contribution in [0.2, 0.25) is 0 Å². The van der Waals surface area contributed by atoms with Gasteiger partial charge in [-0.05, 0) is 36.5 Å². The van der Waals surface area contributed by atoms with Crippen LogP contribution in [-0.2, 0) is 16.0 Å². The number of carboxylic acid groups (broad SMARTS) is 2. The van der Waals surface area contributed by atoms with E-state index in [9.17, 15) is 9.59 Å². The van der Waals surface area contributed by atoms with E-state index in [0.717, 1.165) is 36.5 Å². The normalized spacial score (nSPS) is 17.7. The van der Waals surface area contributed by atoms with Crippen molar-refractivity contribution < 1.29 is 24.5 Å². The molecule has 1 aliphatic rings. The number of fused-ring (bicyclic) bond motifs is 1. The Morgan fingerprint density at radius 1 is 1.35 bits per heavy atom. The van der Waals surface area contributed by atoms with E-state index in [4.69, 9.17) is 14.9 Å². The second-order valence-corrected chi connectivity index (χ2v) is 4.70. The van der Waals surface area contributed by atoms with Gasteiger partial charge in [-0.2, -0.15) is 0 Å². The van der Waals surface area contributed by atoms with Crippen molar-refractivity contribution in [1.29, 1.82) is 0 Å². The first-order valence-electron chi connectivity index (χ1n) is 6.45. The van der Waals surface area contributed by atoms with E-state index in [-0.39, 0.29) is 12.5 Å². The van der Waals surface area contributed by atoms with Gasteiger partial charge in [0.2, 0.25) is 0 Å². The van der Waals surface area contributed by atoms with Crippen molar-refractivity contribution in [1.82, 2.24) is 0 Å². The maximum Gasteiger partial charge on any atom is 0.341 e. The Hall–Kier alpha value is -2.30. The van der Waals surface area contributed by atoms with Gasteiger partial charge in [0.1, 0.15) is 5.75 Å². The molecule has 0 heterocycles. The van der Waals surface area contributed by atoms with Crippen LogP contribution in [0.15, 0.2) is 30.4 Å². The first-order chi connectivity index (χ1) is 9.58. The molecule has 0 aromatic heterocycles. The lowest BCUT2D eigenvalue weighted by atomic mass is 9.82. The Labute approximate surface area is 116 Å². The summed E-state index contributed by atoms with van der Waals surface area (Å²) >= 11 is 0. The van der Waals surface area contributed by atoms with Crippen LogP contribution in [0.1, 0.15) is 29.9 Å². The smallest absolute Gasteiger partial charge is 0.341 e. The Morgan fingerprint density at radius 3 is 2.85 bits per heavy atom. The zero-order chi connectivity index (χ0) is 14.5. The molecular formula is C15H16O5. The molecule has 0 saturated carbocycles. The zero-order valence-electron chi connectivity index (χ0n) is 10.9. The summed E-state index contributed by atoms with van der Waals surface area (Å²) in [5.74, 6) is -1.35. The van der Waals surface area contributed by atoms with E-state index < -0.39 is 11.9 Å². The molecule has 1 unspecified atom stereocenters. The number of carboxylic acids is 2. The van der Waals surface area contributed by atoms with Crippen molar-refractivity contribution >= 4 is 11.9 Å². The molecule has 5 nitrogen and oxygen atoms in total. The molecule has 1 atom stereocenters. The molecule has 1 aromatic rings. The van der Waals surface area contributed by atoms with Crippen molar-refractivity contribution in [3.63, 3.8) is 0 Å². The number of hydrogen-bond acceptors (Lipinski definition) is 3. The lowest BCUT2D eigenvalue weighted by molar-refractivity contribution is -0.139. The largest absolute Gasteiger partial charge is 0.482 e. The minimum absolute atomic E-state index is 0.0447. The Balaban J connectivity index is 2.26. The lowest BCUT2D eigenvalue weighted by Crippen LogP contribution is -2.14. The number of allylic oxidation sites excluding steroid dienone is 1. The second kappa shape index (κ2) is 6.23. The number of benzene rings is 1. The average molecular weight is 276 g/mol. The Morgan fingerprint density at radius 2 is 2.15 bits per heavy atom. The summed E-state index contributed by atoms with van der Waals surface area (Å²) in [5, 5.41) is 17.4. The monoisotopic (exact) mass is 276 g/mol. The van der Waals surface area contributed by atoms with Crippen LogP contribution in [0.5, 0.6) is 5.75 Å². The Bertz CT molecular complexity index is 547. The molecule has 106 valence electrons. The SMILES string of the molecule is O=C(O)/C=C/C1CCCc2c(OCC(=O)O)cccc21. The molecule has 0 spiro atoms. The molecule has 1 aliphatic carbocycles. The fourth-order valence-corrected chi connectivity index (χ4v) is 2.52. The molecule has 0 amide bonds. The van der Waals surface area contributed by atoms with Crippen LogP contribution >= 0.6 is 0 Å². The van der Waals surface area contributed by atoms with Crippen molar-refractivity contribution in [2.24, 2.45) is 0 Å². The van der Waals surface area contributed by atoms with Gasteiger partial charge in [0.05, 0.1) is 0 Å². The van der Waals surface area contributed by atoms with Crippen LogP contribution in [0.3, 0.4) is 0 Å². The van der Waals surface area contributed by atoms with E-state index in [1.54, 1.807) is 12.1 Å². The van der Waals surface area contributed by atoms with Crippen LogP contribution in [0, 0.1) is 0 Å². The third-order valence-corrected chi connectivity index (χ3v) is 3.33. The molecule has 2 rings (SSSR count). The van der Waals surface area contributed by atoms with E-state index in [2.05, 4.69) is 0 Å². The van der Waals surface area contributed by atoms with Gasteiger partial charge in [0.25, 0.3) is 0 Å². The molecule has 0 saturated heterocycles. The second-order valence-electron chi connectivity index (χ2n) is 4.70. The highest BCUT2D eigenvalue weighted by Gasteiger charge is 2.21. The van der Waals surface area contributed by atoms with Gasteiger partial charge in [-0.1, -0.05) is 18.2 Å². The highest BCUT2D eigenvalue weighted by molar-refractivity contribution is 5.80. The number of carbonyl (C=O) groups is 2. The highest BCUT2D eigenvalue weighted by Crippen LogP contribution is 2.37. The molecule has 0 fully saturated rings. The maximum absolute atomic E-state index is 10.6. The molecule has 0 bridgehead atoms. The van der Waals surface area contributed by atoms with Gasteiger partial charge in [-0.3, -0.25) is 0 Å². The van der Waals surface area contributed by atoms with Crippen molar-refractivity contribution in [3.8, 4) is 5.75 Å². The molecule has 20 heavy (non-hydrogen) atoms. The van der Waals surface area contributed by atoms with Gasteiger partial charge in [0, 0.05) is 12.0 Å². The number of rotatable bonds is 5. The van der Waals surface area contributed by atoms with Gasteiger partial charge in [0.15, 0.2) is 6.61 Å². The first kappa shape index (κ1) is 14.1. The zero-order valence-corrected chi connectivity index (χ0v) is 10.9. The fraction of sp³-hybridized carbons (Fsp3) is 0.333. The van der Waals surface area contributed by atoms with Gasteiger partial charge in [-0.25, -0.2) is 9.59 Å². The average Bonchev–Trinajstić information content (AvgIpc) is 2.42. The van der Waals surface area contributed by atoms with Crippen molar-refractivity contribution in [3.05, 3.63) is 41.5 Å². The van der Waals surface area contributed by atoms with Crippen LogP contribution in [0.25, 0.3) is 0 Å². The molecule has 0 radical (unpaired) electrons. The summed E-state index contributed by atoms with van der Waals surface area (Å²) in [6.45, 7) is -0.369. The molecule has 1 aromatic carbocycles. The minimum Gasteiger partial charge on any atom is -0.482 e.